The first-order valence-electron chi connectivity index (χ1n) is 7.77. The van der Waals surface area contributed by atoms with Crippen LogP contribution in [-0.4, -0.2) is 12.6 Å². The van der Waals surface area contributed by atoms with Gasteiger partial charge in [-0.3, -0.25) is 0 Å². The van der Waals surface area contributed by atoms with Crippen LogP contribution in [0.2, 0.25) is 0 Å². The highest BCUT2D eigenvalue weighted by Gasteiger charge is 2.10. The summed E-state index contributed by atoms with van der Waals surface area (Å²) in [5, 5.41) is 3.47. The van der Waals surface area contributed by atoms with Gasteiger partial charge in [0, 0.05) is 30.5 Å². The molecule has 2 aromatic rings. The molecule has 0 saturated carbocycles. The van der Waals surface area contributed by atoms with Gasteiger partial charge in [0.05, 0.1) is 0 Å². The van der Waals surface area contributed by atoms with E-state index in [1.54, 1.807) is 0 Å². The molecule has 0 aliphatic heterocycles. The molecule has 0 heterocycles. The van der Waals surface area contributed by atoms with Crippen molar-refractivity contribution in [2.45, 2.75) is 40.3 Å². The molecule has 0 atom stereocenters. The number of anilines is 2. The molecule has 112 valence electrons. The third-order valence-electron chi connectivity index (χ3n) is 3.65. The van der Waals surface area contributed by atoms with E-state index in [2.05, 4.69) is 86.4 Å². The molecule has 0 saturated heterocycles. The maximum Gasteiger partial charge on any atom is 0.0440 e. The highest BCUT2D eigenvalue weighted by atomic mass is 15.1. The van der Waals surface area contributed by atoms with Gasteiger partial charge in [0.15, 0.2) is 0 Å². The molecule has 0 aromatic heterocycles. The van der Waals surface area contributed by atoms with Crippen molar-refractivity contribution < 1.29 is 0 Å². The van der Waals surface area contributed by atoms with Gasteiger partial charge in [-0.2, -0.15) is 0 Å². The average molecular weight is 282 g/mol. The Morgan fingerprint density at radius 1 is 1.05 bits per heavy atom. The van der Waals surface area contributed by atoms with Crippen LogP contribution in [0.4, 0.5) is 11.4 Å². The van der Waals surface area contributed by atoms with E-state index in [-0.39, 0.29) is 0 Å². The normalized spacial score (nSPS) is 10.9. The first kappa shape index (κ1) is 15.6. The van der Waals surface area contributed by atoms with Crippen LogP contribution in [-0.2, 0) is 6.54 Å². The van der Waals surface area contributed by atoms with Crippen molar-refractivity contribution in [1.29, 1.82) is 0 Å². The SMILES string of the molecule is CCN(c1ccccc1)c1ccc(CNC(C)C)cc1C. The fraction of sp³-hybridized carbons (Fsp3) is 0.368. The molecule has 0 aliphatic carbocycles. The van der Waals surface area contributed by atoms with Crippen LogP contribution in [0.15, 0.2) is 48.5 Å². The Morgan fingerprint density at radius 2 is 1.76 bits per heavy atom. The quantitative estimate of drug-likeness (QED) is 0.829. The number of hydrogen-bond donors (Lipinski definition) is 1. The Balaban J connectivity index is 2.23. The lowest BCUT2D eigenvalue weighted by Gasteiger charge is -2.25. The van der Waals surface area contributed by atoms with Crippen molar-refractivity contribution in [2.75, 3.05) is 11.4 Å². The predicted octanol–water partition coefficient (Wildman–Crippen LogP) is 4.65. The monoisotopic (exact) mass is 282 g/mol. The summed E-state index contributed by atoms with van der Waals surface area (Å²) in [4.78, 5) is 2.36. The van der Waals surface area contributed by atoms with Crippen LogP contribution in [0.25, 0.3) is 0 Å². The van der Waals surface area contributed by atoms with E-state index >= 15 is 0 Å². The second-order valence-corrected chi connectivity index (χ2v) is 5.74. The van der Waals surface area contributed by atoms with Crippen LogP contribution in [0.5, 0.6) is 0 Å². The Kier molecular flexibility index (Phi) is 5.40. The number of para-hydroxylation sites is 1. The molecular formula is C19H26N2. The highest BCUT2D eigenvalue weighted by molar-refractivity contribution is 5.66. The highest BCUT2D eigenvalue weighted by Crippen LogP contribution is 2.28. The van der Waals surface area contributed by atoms with E-state index in [1.165, 1.54) is 22.5 Å². The number of benzene rings is 2. The van der Waals surface area contributed by atoms with Gasteiger partial charge in [-0.05, 0) is 43.2 Å². The third kappa shape index (κ3) is 4.08. The fourth-order valence-electron chi connectivity index (χ4n) is 2.55. The molecular weight excluding hydrogens is 256 g/mol. The summed E-state index contributed by atoms with van der Waals surface area (Å²) in [7, 11) is 0. The zero-order chi connectivity index (χ0) is 15.2. The standard InChI is InChI=1S/C19H26N2/c1-5-21(18-9-7-6-8-10-18)19-12-11-17(13-16(19)4)14-20-15(2)3/h6-13,15,20H,5,14H2,1-4H3. The molecule has 21 heavy (non-hydrogen) atoms. The van der Waals surface area contributed by atoms with Gasteiger partial charge in [0.25, 0.3) is 0 Å². The van der Waals surface area contributed by atoms with Crippen LogP contribution < -0.4 is 10.2 Å². The molecule has 2 rings (SSSR count). The fourth-order valence-corrected chi connectivity index (χ4v) is 2.55. The molecule has 2 nitrogen and oxygen atoms in total. The van der Waals surface area contributed by atoms with E-state index in [1.807, 2.05) is 0 Å². The first-order chi connectivity index (χ1) is 10.1. The lowest BCUT2D eigenvalue weighted by molar-refractivity contribution is 0.588. The topological polar surface area (TPSA) is 15.3 Å². The minimum absolute atomic E-state index is 0.515. The number of aryl methyl sites for hydroxylation is 1. The predicted molar refractivity (Wildman–Crippen MR) is 92.3 cm³/mol. The van der Waals surface area contributed by atoms with Crippen molar-refractivity contribution in [3.63, 3.8) is 0 Å². The summed E-state index contributed by atoms with van der Waals surface area (Å²) in [5.74, 6) is 0. The number of nitrogens with one attached hydrogen (secondary N) is 1. The summed E-state index contributed by atoms with van der Waals surface area (Å²) in [6.07, 6.45) is 0. The van der Waals surface area contributed by atoms with Crippen LogP contribution in [0.3, 0.4) is 0 Å². The molecule has 2 aromatic carbocycles. The molecule has 0 spiro atoms. The Labute approximate surface area is 128 Å². The number of rotatable bonds is 6. The lowest BCUT2D eigenvalue weighted by Crippen LogP contribution is -2.22. The van der Waals surface area contributed by atoms with Gasteiger partial charge in [0.1, 0.15) is 0 Å². The minimum atomic E-state index is 0.515. The van der Waals surface area contributed by atoms with Crippen LogP contribution in [0, 0.1) is 6.92 Å². The van der Waals surface area contributed by atoms with Gasteiger partial charge in [0.2, 0.25) is 0 Å². The van der Waals surface area contributed by atoms with E-state index in [9.17, 15) is 0 Å². The average Bonchev–Trinajstić information content (AvgIpc) is 2.49. The zero-order valence-electron chi connectivity index (χ0n) is 13.6. The van der Waals surface area contributed by atoms with Gasteiger partial charge in [-0.1, -0.05) is 44.2 Å². The van der Waals surface area contributed by atoms with Gasteiger partial charge < -0.3 is 10.2 Å². The lowest BCUT2D eigenvalue weighted by atomic mass is 10.1. The van der Waals surface area contributed by atoms with Gasteiger partial charge in [-0.25, -0.2) is 0 Å². The van der Waals surface area contributed by atoms with Crippen molar-refractivity contribution in [3.05, 3.63) is 59.7 Å². The second kappa shape index (κ2) is 7.28. The van der Waals surface area contributed by atoms with Crippen LogP contribution >= 0.6 is 0 Å². The number of nitrogens with zero attached hydrogens (tertiary/aromatic N) is 1. The van der Waals surface area contributed by atoms with Crippen LogP contribution in [0.1, 0.15) is 31.9 Å². The third-order valence-corrected chi connectivity index (χ3v) is 3.65. The maximum absolute atomic E-state index is 3.47. The second-order valence-electron chi connectivity index (χ2n) is 5.74. The Morgan fingerprint density at radius 3 is 2.33 bits per heavy atom. The summed E-state index contributed by atoms with van der Waals surface area (Å²) in [6, 6.07) is 17.8. The molecule has 0 radical (unpaired) electrons. The van der Waals surface area contributed by atoms with E-state index in [0.717, 1.165) is 13.1 Å². The molecule has 0 unspecified atom stereocenters. The molecule has 2 heteroatoms. The summed E-state index contributed by atoms with van der Waals surface area (Å²) >= 11 is 0. The summed E-state index contributed by atoms with van der Waals surface area (Å²) in [6.45, 7) is 10.6. The zero-order valence-corrected chi connectivity index (χ0v) is 13.6. The number of hydrogen-bond acceptors (Lipinski definition) is 2. The largest absolute Gasteiger partial charge is 0.342 e. The van der Waals surface area contributed by atoms with E-state index in [0.29, 0.717) is 6.04 Å². The Bertz CT molecular complexity index is 561. The Hall–Kier alpha value is -1.80. The minimum Gasteiger partial charge on any atom is -0.342 e. The molecule has 0 aliphatic rings. The smallest absolute Gasteiger partial charge is 0.0440 e. The van der Waals surface area contributed by atoms with Gasteiger partial charge >= 0.3 is 0 Å². The van der Waals surface area contributed by atoms with E-state index in [4.69, 9.17) is 0 Å². The summed E-state index contributed by atoms with van der Waals surface area (Å²) in [5.41, 5.74) is 5.20. The molecule has 1 N–H and O–H groups in total. The van der Waals surface area contributed by atoms with Crippen molar-refractivity contribution in [2.24, 2.45) is 0 Å². The summed E-state index contributed by atoms with van der Waals surface area (Å²) < 4.78 is 0. The molecule has 0 bridgehead atoms. The van der Waals surface area contributed by atoms with E-state index < -0.39 is 0 Å². The molecule has 0 fully saturated rings. The van der Waals surface area contributed by atoms with Crippen molar-refractivity contribution in [1.82, 2.24) is 5.32 Å². The van der Waals surface area contributed by atoms with Gasteiger partial charge in [-0.15, -0.1) is 0 Å². The molecule has 0 amide bonds. The maximum atomic E-state index is 3.47. The van der Waals surface area contributed by atoms with Crippen molar-refractivity contribution >= 4 is 11.4 Å². The first-order valence-corrected chi connectivity index (χ1v) is 7.77. The van der Waals surface area contributed by atoms with Crippen molar-refractivity contribution in [3.8, 4) is 0 Å².